The molecule has 2 unspecified atom stereocenters. The van der Waals surface area contributed by atoms with Crippen LogP contribution in [0.2, 0.25) is 10.0 Å². The molecule has 3 aromatic rings. The Hall–Kier alpha value is -1.37. The first kappa shape index (κ1) is 23.1. The lowest BCUT2D eigenvalue weighted by Crippen LogP contribution is -2.44. The van der Waals surface area contributed by atoms with Gasteiger partial charge in [-0.15, -0.1) is 0 Å². The largest absolute Gasteiger partial charge is 0.385 e. The zero-order chi connectivity index (χ0) is 23.4. The highest BCUT2D eigenvalue weighted by atomic mass is 79.9. The Bertz CT molecular complexity index is 1190. The van der Waals surface area contributed by atoms with E-state index in [1.807, 2.05) is 30.3 Å². The van der Waals surface area contributed by atoms with Crippen LogP contribution in [0.25, 0.3) is 11.3 Å². The molecule has 6 rings (SSSR count). The number of benzene rings is 2. The van der Waals surface area contributed by atoms with E-state index in [2.05, 4.69) is 33.2 Å². The third-order valence-electron chi connectivity index (χ3n) is 7.92. The van der Waals surface area contributed by atoms with Crippen molar-refractivity contribution in [3.8, 4) is 11.3 Å². The molecule has 3 aliphatic rings. The molecule has 3 saturated carbocycles. The fraction of sp³-hybridized carbons (Fsp3) is 0.444. The highest BCUT2D eigenvalue weighted by molar-refractivity contribution is 9.10. The molecule has 0 amide bonds. The lowest BCUT2D eigenvalue weighted by molar-refractivity contribution is -0.116. The van der Waals surface area contributed by atoms with Gasteiger partial charge in [-0.1, -0.05) is 62.5 Å². The molecule has 1 heterocycles. The Kier molecular flexibility index (Phi) is 6.06. The molecule has 178 valence electrons. The number of hydrogen-bond acceptors (Lipinski definition) is 4. The predicted octanol–water partition coefficient (Wildman–Crippen LogP) is 7.88. The van der Waals surface area contributed by atoms with Gasteiger partial charge in [-0.2, -0.15) is 0 Å². The number of fused-ring (bicyclic) bond motifs is 2. The summed E-state index contributed by atoms with van der Waals surface area (Å²) in [5.74, 6) is 1.67. The number of hydrogen-bond donors (Lipinski definition) is 1. The summed E-state index contributed by atoms with van der Waals surface area (Å²) in [7, 11) is 0. The van der Waals surface area contributed by atoms with E-state index in [-0.39, 0.29) is 17.9 Å². The van der Waals surface area contributed by atoms with Crippen LogP contribution in [0.3, 0.4) is 0 Å². The second-order valence-electron chi connectivity index (χ2n) is 9.96. The zero-order valence-corrected chi connectivity index (χ0v) is 21.7. The van der Waals surface area contributed by atoms with Crippen molar-refractivity contribution in [2.75, 3.05) is 0 Å². The molecule has 2 atom stereocenters. The van der Waals surface area contributed by atoms with Gasteiger partial charge in [0.1, 0.15) is 11.5 Å². The summed E-state index contributed by atoms with van der Waals surface area (Å²) in [5.41, 5.74) is 2.57. The van der Waals surface area contributed by atoms with Crippen LogP contribution in [0.15, 0.2) is 51.5 Å². The average Bonchev–Trinajstić information content (AvgIpc) is 3.56. The van der Waals surface area contributed by atoms with Gasteiger partial charge in [0.25, 0.3) is 0 Å². The Morgan fingerprint density at radius 3 is 2.35 bits per heavy atom. The number of rotatable bonds is 6. The molecule has 1 N–H and O–H groups in total. The topological polar surface area (TPSA) is 55.5 Å². The summed E-state index contributed by atoms with van der Waals surface area (Å²) in [5, 5.41) is 17.3. The van der Waals surface area contributed by atoms with Gasteiger partial charge in [0.2, 0.25) is 0 Å². The van der Waals surface area contributed by atoms with Crippen molar-refractivity contribution < 1.29 is 14.4 Å². The van der Waals surface area contributed by atoms with E-state index in [1.165, 1.54) is 0 Å². The van der Waals surface area contributed by atoms with E-state index in [1.54, 1.807) is 0 Å². The normalized spacial score (nSPS) is 28.4. The molecule has 3 aliphatic carbocycles. The van der Waals surface area contributed by atoms with Crippen molar-refractivity contribution in [1.82, 2.24) is 5.16 Å². The Balaban J connectivity index is 1.24. The van der Waals surface area contributed by atoms with Crippen LogP contribution in [-0.4, -0.2) is 16.4 Å². The maximum atomic E-state index is 11.8. The van der Waals surface area contributed by atoms with E-state index in [4.69, 9.17) is 32.5 Å². The van der Waals surface area contributed by atoms with Crippen LogP contribution < -0.4 is 0 Å². The molecule has 7 heteroatoms. The Morgan fingerprint density at radius 2 is 1.71 bits per heavy atom. The standard InChI is InChI=1S/C27H26BrCl2NO3/c28-19-4-1-3-16(11-19)27(32)17-9-10-18(27)13-20(12-17)33-14-21-25(31-34-26(21)15-7-8-15)24-22(29)5-2-6-23(24)30/h1-6,11,15,17-18,20,32H,7-10,12-14H2. The summed E-state index contributed by atoms with van der Waals surface area (Å²) in [6.45, 7) is 0.408. The number of aromatic nitrogens is 1. The highest BCUT2D eigenvalue weighted by Gasteiger charge is 2.54. The second kappa shape index (κ2) is 8.94. The van der Waals surface area contributed by atoms with E-state index in [0.717, 1.165) is 59.9 Å². The van der Waals surface area contributed by atoms with Crippen LogP contribution in [0.1, 0.15) is 61.3 Å². The van der Waals surface area contributed by atoms with Gasteiger partial charge in [-0.25, -0.2) is 0 Å². The summed E-state index contributed by atoms with van der Waals surface area (Å²) in [4.78, 5) is 0. The van der Waals surface area contributed by atoms with Crippen molar-refractivity contribution in [3.63, 3.8) is 0 Å². The van der Waals surface area contributed by atoms with Gasteiger partial charge in [0, 0.05) is 21.5 Å². The number of aliphatic hydroxyl groups is 1. The molecule has 0 aliphatic heterocycles. The van der Waals surface area contributed by atoms with Crippen molar-refractivity contribution in [2.24, 2.45) is 11.8 Å². The summed E-state index contributed by atoms with van der Waals surface area (Å²) in [6, 6.07) is 13.6. The lowest BCUT2D eigenvalue weighted by atomic mass is 9.69. The van der Waals surface area contributed by atoms with Crippen molar-refractivity contribution >= 4 is 39.1 Å². The molecule has 34 heavy (non-hydrogen) atoms. The van der Waals surface area contributed by atoms with Crippen LogP contribution in [0.4, 0.5) is 0 Å². The molecular weight excluding hydrogens is 537 g/mol. The fourth-order valence-electron chi connectivity index (χ4n) is 6.10. The van der Waals surface area contributed by atoms with Crippen molar-refractivity contribution in [1.29, 1.82) is 0 Å². The van der Waals surface area contributed by atoms with Crippen LogP contribution in [0, 0.1) is 11.8 Å². The van der Waals surface area contributed by atoms with Gasteiger partial charge < -0.3 is 14.4 Å². The number of ether oxygens (including phenoxy) is 1. The minimum absolute atomic E-state index is 0.0847. The van der Waals surface area contributed by atoms with Crippen LogP contribution in [0.5, 0.6) is 0 Å². The third-order valence-corrected chi connectivity index (χ3v) is 9.04. The molecule has 2 bridgehead atoms. The predicted molar refractivity (Wildman–Crippen MR) is 136 cm³/mol. The molecule has 4 nitrogen and oxygen atoms in total. The van der Waals surface area contributed by atoms with E-state index in [0.29, 0.717) is 33.8 Å². The first-order chi connectivity index (χ1) is 16.4. The fourth-order valence-corrected chi connectivity index (χ4v) is 7.07. The molecule has 2 aromatic carbocycles. The molecule has 1 aromatic heterocycles. The van der Waals surface area contributed by atoms with Crippen molar-refractivity contribution in [3.05, 3.63) is 73.9 Å². The van der Waals surface area contributed by atoms with E-state index >= 15 is 0 Å². The van der Waals surface area contributed by atoms with Gasteiger partial charge >= 0.3 is 0 Å². The monoisotopic (exact) mass is 561 g/mol. The average molecular weight is 563 g/mol. The summed E-state index contributed by atoms with van der Waals surface area (Å²) in [6.07, 6.45) is 6.01. The lowest BCUT2D eigenvalue weighted by Gasteiger charge is -2.43. The van der Waals surface area contributed by atoms with Gasteiger partial charge in [-0.3, -0.25) is 0 Å². The maximum absolute atomic E-state index is 11.8. The first-order valence-corrected chi connectivity index (χ1v) is 13.5. The molecule has 0 spiro atoms. The molecular formula is C27H26BrCl2NO3. The maximum Gasteiger partial charge on any atom is 0.145 e. The van der Waals surface area contributed by atoms with E-state index < -0.39 is 5.60 Å². The SMILES string of the molecule is OC1(c2cccc(Br)c2)C2CCC1CC(OCc1c(-c3c(Cl)cccc3Cl)noc1C1CC1)C2. The molecule has 3 fully saturated rings. The minimum Gasteiger partial charge on any atom is -0.385 e. The highest BCUT2D eigenvalue weighted by Crippen LogP contribution is 2.56. The van der Waals surface area contributed by atoms with E-state index in [9.17, 15) is 5.11 Å². The quantitative estimate of drug-likeness (QED) is 0.332. The van der Waals surface area contributed by atoms with Gasteiger partial charge in [0.05, 0.1) is 28.4 Å². The van der Waals surface area contributed by atoms with Gasteiger partial charge in [-0.05, 0) is 80.2 Å². The first-order valence-electron chi connectivity index (χ1n) is 12.0. The third kappa shape index (κ3) is 3.94. The molecule has 0 radical (unpaired) electrons. The number of nitrogens with zero attached hydrogens (tertiary/aromatic N) is 1. The van der Waals surface area contributed by atoms with Gasteiger partial charge in [0.15, 0.2) is 0 Å². The van der Waals surface area contributed by atoms with Crippen molar-refractivity contribution in [2.45, 2.75) is 62.8 Å². The summed E-state index contributed by atoms with van der Waals surface area (Å²) < 4.78 is 13.3. The second-order valence-corrected chi connectivity index (χ2v) is 11.7. The smallest absolute Gasteiger partial charge is 0.145 e. The van der Waals surface area contributed by atoms with Crippen LogP contribution >= 0.6 is 39.1 Å². The Morgan fingerprint density at radius 1 is 1.03 bits per heavy atom. The summed E-state index contributed by atoms with van der Waals surface area (Å²) >= 11 is 16.6. The zero-order valence-electron chi connectivity index (χ0n) is 18.6. The number of halogens is 3. The minimum atomic E-state index is -0.781. The molecule has 0 saturated heterocycles. The Labute approximate surface area is 217 Å². The van der Waals surface area contributed by atoms with Crippen LogP contribution in [-0.2, 0) is 16.9 Å².